The summed E-state index contributed by atoms with van der Waals surface area (Å²) in [4.78, 5) is 74.9. The zero-order chi connectivity index (χ0) is 52.2. The number of imide groups is 1. The van der Waals surface area contributed by atoms with E-state index in [4.69, 9.17) is 44.6 Å². The zero-order valence-corrected chi connectivity index (χ0v) is 43.1. The van der Waals surface area contributed by atoms with Gasteiger partial charge in [-0.15, -0.1) is 0 Å². The molecule has 6 amide bonds. The number of likely N-dealkylation sites (tertiary alicyclic amines) is 1. The molecule has 72 heavy (non-hydrogen) atoms. The number of amides is 6. The van der Waals surface area contributed by atoms with Gasteiger partial charge in [0.15, 0.2) is 17.3 Å². The Labute approximate surface area is 423 Å². The number of hydrogen-bond donors (Lipinski definition) is 2. The summed E-state index contributed by atoms with van der Waals surface area (Å²) in [6.07, 6.45) is 1.99. The molecule has 6 aliphatic rings. The quantitative estimate of drug-likeness (QED) is 0.121. The van der Waals surface area contributed by atoms with Crippen LogP contribution in [0.3, 0.4) is 0 Å². The van der Waals surface area contributed by atoms with Crippen LogP contribution in [0.1, 0.15) is 105 Å². The summed E-state index contributed by atoms with van der Waals surface area (Å²) in [7, 11) is 4.11. The predicted octanol–water partition coefficient (Wildman–Crippen LogP) is 7.40. The summed E-state index contributed by atoms with van der Waals surface area (Å²) < 4.78 is 72.4. The van der Waals surface area contributed by atoms with E-state index in [0.717, 1.165) is 23.5 Å². The zero-order valence-electron chi connectivity index (χ0n) is 42.3. The molecular formula is C51H63BClF2N5O12. The lowest BCUT2D eigenvalue weighted by Gasteiger charge is -2.64. The summed E-state index contributed by atoms with van der Waals surface area (Å²) >= 11 is 6.91. The average Bonchev–Trinajstić information content (AvgIpc) is 3.92. The maximum absolute atomic E-state index is 16.0. The van der Waals surface area contributed by atoms with Crippen LogP contribution in [-0.4, -0.2) is 136 Å². The van der Waals surface area contributed by atoms with Crippen LogP contribution in [0.2, 0.25) is 5.02 Å². The third-order valence-electron chi connectivity index (χ3n) is 15.3. The van der Waals surface area contributed by atoms with Crippen molar-refractivity contribution in [2.24, 2.45) is 17.3 Å². The third kappa shape index (κ3) is 9.73. The number of nitrogens with zero attached hydrogens (tertiary/aromatic N) is 3. The van der Waals surface area contributed by atoms with Crippen LogP contribution in [0, 0.1) is 28.9 Å². The second-order valence-electron chi connectivity index (χ2n) is 20.9. The minimum atomic E-state index is -1.80. The Hall–Kier alpha value is -5.86. The van der Waals surface area contributed by atoms with Crippen LogP contribution < -0.4 is 29.6 Å². The molecule has 388 valence electrons. The first-order valence-electron chi connectivity index (χ1n) is 24.2. The first kappa shape index (κ1) is 52.5. The molecule has 3 aliphatic carbocycles. The van der Waals surface area contributed by atoms with Gasteiger partial charge in [-0.05, 0) is 113 Å². The number of ether oxygens (including phenoxy) is 5. The number of halogens is 3. The largest absolute Gasteiger partial charge is 0.497 e. The van der Waals surface area contributed by atoms with Gasteiger partial charge in [-0.3, -0.25) is 9.59 Å². The Bertz CT molecular complexity index is 2630. The van der Waals surface area contributed by atoms with E-state index in [-0.39, 0.29) is 82.3 Å². The minimum absolute atomic E-state index is 0.0504. The molecule has 9 rings (SSSR count). The van der Waals surface area contributed by atoms with E-state index < -0.39 is 71.4 Å². The second-order valence-corrected chi connectivity index (χ2v) is 21.2. The van der Waals surface area contributed by atoms with Gasteiger partial charge >= 0.3 is 25.1 Å². The monoisotopic (exact) mass is 1020 g/mol. The van der Waals surface area contributed by atoms with E-state index in [0.29, 0.717) is 49.6 Å². The van der Waals surface area contributed by atoms with E-state index in [1.807, 2.05) is 6.92 Å². The van der Waals surface area contributed by atoms with Crippen LogP contribution in [0.15, 0.2) is 42.5 Å². The minimum Gasteiger partial charge on any atom is -0.497 e. The van der Waals surface area contributed by atoms with Gasteiger partial charge in [-0.1, -0.05) is 37.6 Å². The number of piperidine rings is 1. The van der Waals surface area contributed by atoms with Crippen molar-refractivity contribution in [1.29, 1.82) is 0 Å². The maximum atomic E-state index is 16.0. The van der Waals surface area contributed by atoms with Crippen molar-refractivity contribution in [3.8, 4) is 23.0 Å². The molecule has 2 bridgehead atoms. The molecule has 3 aliphatic heterocycles. The number of nitrogens with one attached hydrogen (secondary N) is 2. The maximum Gasteiger partial charge on any atom is 0.482 e. The molecular weight excluding hydrogens is 959 g/mol. The topological polar surface area (TPSA) is 184 Å². The van der Waals surface area contributed by atoms with Gasteiger partial charge in [0.25, 0.3) is 5.91 Å². The molecule has 3 saturated heterocycles. The molecule has 1 unspecified atom stereocenters. The Morgan fingerprint density at radius 3 is 2.21 bits per heavy atom. The third-order valence-corrected chi connectivity index (χ3v) is 15.7. The first-order chi connectivity index (χ1) is 34.0. The van der Waals surface area contributed by atoms with E-state index in [9.17, 15) is 19.2 Å². The fourth-order valence-corrected chi connectivity index (χ4v) is 11.7. The summed E-state index contributed by atoms with van der Waals surface area (Å²) in [5, 5.41) is 5.35. The van der Waals surface area contributed by atoms with Gasteiger partial charge in [-0.2, -0.15) is 0 Å². The molecule has 3 aromatic carbocycles. The normalized spacial score (nSPS) is 23.4. The van der Waals surface area contributed by atoms with Crippen molar-refractivity contribution in [3.05, 3.63) is 81.4 Å². The molecule has 17 nitrogen and oxygen atoms in total. The first-order valence-corrected chi connectivity index (χ1v) is 24.6. The number of rotatable bonds is 14. The SMILES string of the molecule is COc1cccc(C(=O)N2CCC(N3CCN(C(=O)NC(C(=O)N[C@@H](Cc4ccc(F)c(C(=O)OC(C)(C)C)c4OC)B4O[C@@H]5C[C@@H]6C[C@@H](C6(C)C)[C@]5(C)O4)c4cc(F)c(OC)c(OC)c4Cl)C3=O)CC2)c1. The number of carbonyl (C=O) groups is 5. The van der Waals surface area contributed by atoms with E-state index >= 15 is 13.6 Å². The Morgan fingerprint density at radius 1 is 0.875 bits per heavy atom. The lowest BCUT2D eigenvalue weighted by atomic mass is 9.43. The lowest BCUT2D eigenvalue weighted by molar-refractivity contribution is -0.199. The van der Waals surface area contributed by atoms with Crippen LogP contribution in [-0.2, 0) is 25.3 Å². The second kappa shape index (κ2) is 20.2. The van der Waals surface area contributed by atoms with Gasteiger partial charge in [-0.25, -0.2) is 28.1 Å². The highest BCUT2D eigenvalue weighted by molar-refractivity contribution is 6.48. The van der Waals surface area contributed by atoms with E-state index in [1.165, 1.54) is 34.5 Å². The van der Waals surface area contributed by atoms with Crippen LogP contribution >= 0.6 is 11.6 Å². The van der Waals surface area contributed by atoms with Crippen molar-refractivity contribution < 1.29 is 65.7 Å². The molecule has 3 aromatic rings. The molecule has 6 fully saturated rings. The highest BCUT2D eigenvalue weighted by Gasteiger charge is 2.68. The van der Waals surface area contributed by atoms with Crippen molar-refractivity contribution in [3.63, 3.8) is 0 Å². The van der Waals surface area contributed by atoms with E-state index in [2.05, 4.69) is 24.5 Å². The number of benzene rings is 3. The number of hydrogen-bond acceptors (Lipinski definition) is 12. The fourth-order valence-electron chi connectivity index (χ4n) is 11.4. The number of carbonyl (C=O) groups excluding carboxylic acids is 5. The summed E-state index contributed by atoms with van der Waals surface area (Å²) in [6, 6.07) is 6.63. The summed E-state index contributed by atoms with van der Waals surface area (Å²) in [5.74, 6) is -4.79. The number of esters is 1. The van der Waals surface area contributed by atoms with Gasteiger partial charge in [0, 0.05) is 43.3 Å². The highest BCUT2D eigenvalue weighted by atomic mass is 35.5. The van der Waals surface area contributed by atoms with Crippen molar-refractivity contribution in [1.82, 2.24) is 25.3 Å². The molecule has 21 heteroatoms. The molecule has 2 N–H and O–H groups in total. The predicted molar refractivity (Wildman–Crippen MR) is 260 cm³/mol. The molecule has 3 heterocycles. The van der Waals surface area contributed by atoms with E-state index in [1.54, 1.807) is 54.8 Å². The van der Waals surface area contributed by atoms with Crippen molar-refractivity contribution in [2.45, 2.75) is 109 Å². The lowest BCUT2D eigenvalue weighted by Crippen LogP contribution is -2.65. The highest BCUT2D eigenvalue weighted by Crippen LogP contribution is 2.66. The van der Waals surface area contributed by atoms with Crippen molar-refractivity contribution in [2.75, 3.05) is 54.6 Å². The summed E-state index contributed by atoms with van der Waals surface area (Å²) in [5.41, 5.74) is -1.75. The molecule has 0 radical (unpaired) electrons. The Kier molecular flexibility index (Phi) is 14.7. The van der Waals surface area contributed by atoms with Gasteiger partial charge in [0.1, 0.15) is 34.5 Å². The smallest absolute Gasteiger partial charge is 0.482 e. The van der Waals surface area contributed by atoms with Gasteiger partial charge in [0.05, 0.1) is 51.1 Å². The Morgan fingerprint density at radius 2 is 1.57 bits per heavy atom. The van der Waals surface area contributed by atoms with Gasteiger partial charge in [0.2, 0.25) is 5.91 Å². The standard InChI is InChI=1S/C51H63BClF2N5O12/c1-49(2,3)70-46(63)38-33(54)15-14-27(41(38)67-8)23-37(52-71-36-25-29-24-35(50(29,4)5)51(36,6)72-52)56-44(61)40(32-26-34(55)42(68-9)43(69-10)39(32)53)57-47(64)60-21-20-59(48(60)65)30-16-18-58(19-17-30)45(62)28-12-11-13-31(22-28)66-7/h11-15,22,26,29-30,35-37,40H,16-21,23-25H2,1-10H3,(H,56,61)(H,57,64)/t29-,35-,36+,37-,40?,51-/m0/s1. The van der Waals surface area contributed by atoms with Crippen LogP contribution in [0.5, 0.6) is 23.0 Å². The molecule has 3 saturated carbocycles. The van der Waals surface area contributed by atoms with Crippen molar-refractivity contribution >= 4 is 48.6 Å². The van der Waals surface area contributed by atoms with Gasteiger partial charge < -0.3 is 53.4 Å². The fraction of sp³-hybridized carbons (Fsp3) is 0.549. The summed E-state index contributed by atoms with van der Waals surface area (Å²) in [6.45, 7) is 12.2. The molecule has 0 spiro atoms. The number of methoxy groups -OCH3 is 4. The Balaban J connectivity index is 1.09. The van der Waals surface area contributed by atoms with Crippen LogP contribution in [0.25, 0.3) is 0 Å². The number of urea groups is 2. The van der Waals surface area contributed by atoms with Crippen LogP contribution in [0.4, 0.5) is 18.4 Å². The molecule has 0 aromatic heterocycles. The molecule has 6 atom stereocenters. The average molecular weight is 1020 g/mol.